The lowest BCUT2D eigenvalue weighted by molar-refractivity contribution is -0.133. The van der Waals surface area contributed by atoms with Crippen LogP contribution in [0.5, 0.6) is 5.75 Å². The van der Waals surface area contributed by atoms with Crippen LogP contribution in [0.25, 0.3) is 0 Å². The van der Waals surface area contributed by atoms with Crippen LogP contribution in [0.1, 0.15) is 62.2 Å². The number of hydrogen-bond acceptors (Lipinski definition) is 3. The molecule has 0 saturated carbocycles. The van der Waals surface area contributed by atoms with Gasteiger partial charge in [0.05, 0.1) is 6.61 Å². The van der Waals surface area contributed by atoms with Crippen molar-refractivity contribution in [3.63, 3.8) is 0 Å². The van der Waals surface area contributed by atoms with E-state index in [1.807, 2.05) is 41.0 Å². The van der Waals surface area contributed by atoms with Crippen molar-refractivity contribution in [1.82, 2.24) is 9.80 Å². The molecule has 2 aliphatic rings. The van der Waals surface area contributed by atoms with Gasteiger partial charge in [0, 0.05) is 44.1 Å². The number of carbonyl (C=O) groups excluding carboxylic acids is 2. The Morgan fingerprint density at radius 1 is 1.07 bits per heavy atom. The number of carbonyl (C=O) groups is 2. The van der Waals surface area contributed by atoms with Crippen molar-refractivity contribution < 1.29 is 14.3 Å². The minimum absolute atomic E-state index is 0.106. The molecule has 2 aliphatic heterocycles. The molecule has 0 bridgehead atoms. The van der Waals surface area contributed by atoms with Gasteiger partial charge in [-0.3, -0.25) is 9.59 Å². The van der Waals surface area contributed by atoms with Gasteiger partial charge in [-0.2, -0.15) is 0 Å². The Morgan fingerprint density at radius 2 is 1.85 bits per heavy atom. The SMILES string of the molecule is CCCC(=O)N1CCCC(COc2cccc(C(=O)N3CCCCC3)c2)C1. The third-order valence-corrected chi connectivity index (χ3v) is 5.55. The molecule has 0 spiro atoms. The van der Waals surface area contributed by atoms with E-state index in [-0.39, 0.29) is 11.8 Å². The first-order valence-electron chi connectivity index (χ1n) is 10.5. The predicted octanol–water partition coefficient (Wildman–Crippen LogP) is 3.73. The second-order valence-corrected chi connectivity index (χ2v) is 7.79. The quantitative estimate of drug-likeness (QED) is 0.764. The molecule has 0 aromatic heterocycles. The summed E-state index contributed by atoms with van der Waals surface area (Å²) >= 11 is 0. The van der Waals surface area contributed by atoms with E-state index in [9.17, 15) is 9.59 Å². The van der Waals surface area contributed by atoms with Gasteiger partial charge in [-0.1, -0.05) is 13.0 Å². The van der Waals surface area contributed by atoms with Crippen LogP contribution in [-0.4, -0.2) is 54.4 Å². The highest BCUT2D eigenvalue weighted by atomic mass is 16.5. The first-order chi connectivity index (χ1) is 13.2. The monoisotopic (exact) mass is 372 g/mol. The Morgan fingerprint density at radius 3 is 2.63 bits per heavy atom. The second-order valence-electron chi connectivity index (χ2n) is 7.79. The van der Waals surface area contributed by atoms with Crippen molar-refractivity contribution in [2.24, 2.45) is 5.92 Å². The van der Waals surface area contributed by atoms with Crippen LogP contribution in [0.4, 0.5) is 0 Å². The summed E-state index contributed by atoms with van der Waals surface area (Å²) in [6.07, 6.45) is 7.06. The number of likely N-dealkylation sites (tertiary alicyclic amines) is 2. The minimum atomic E-state index is 0.106. The normalized spacial score (nSPS) is 20.4. The van der Waals surface area contributed by atoms with E-state index in [1.165, 1.54) is 6.42 Å². The number of piperidine rings is 2. The predicted molar refractivity (Wildman–Crippen MR) is 106 cm³/mol. The summed E-state index contributed by atoms with van der Waals surface area (Å²) in [4.78, 5) is 28.7. The maximum absolute atomic E-state index is 12.7. The maximum Gasteiger partial charge on any atom is 0.253 e. The largest absolute Gasteiger partial charge is 0.493 e. The minimum Gasteiger partial charge on any atom is -0.493 e. The number of rotatable bonds is 6. The third-order valence-electron chi connectivity index (χ3n) is 5.55. The molecule has 1 unspecified atom stereocenters. The maximum atomic E-state index is 12.7. The van der Waals surface area contributed by atoms with Crippen LogP contribution in [0.2, 0.25) is 0 Å². The molecule has 1 atom stereocenters. The van der Waals surface area contributed by atoms with Gasteiger partial charge in [-0.25, -0.2) is 0 Å². The van der Waals surface area contributed by atoms with Crippen molar-refractivity contribution >= 4 is 11.8 Å². The average molecular weight is 373 g/mol. The van der Waals surface area contributed by atoms with Crippen LogP contribution >= 0.6 is 0 Å². The molecule has 27 heavy (non-hydrogen) atoms. The Labute approximate surface area is 162 Å². The van der Waals surface area contributed by atoms with E-state index in [1.54, 1.807) is 0 Å². The topological polar surface area (TPSA) is 49.9 Å². The zero-order valence-electron chi connectivity index (χ0n) is 16.5. The second kappa shape index (κ2) is 9.77. The Hall–Kier alpha value is -2.04. The summed E-state index contributed by atoms with van der Waals surface area (Å²) in [5.41, 5.74) is 0.706. The van der Waals surface area contributed by atoms with E-state index in [2.05, 4.69) is 0 Å². The number of ether oxygens (including phenoxy) is 1. The van der Waals surface area contributed by atoms with E-state index in [0.717, 1.165) is 64.0 Å². The van der Waals surface area contributed by atoms with Gasteiger partial charge in [0.25, 0.3) is 5.91 Å². The van der Waals surface area contributed by atoms with Gasteiger partial charge in [0.2, 0.25) is 5.91 Å². The van der Waals surface area contributed by atoms with Gasteiger partial charge < -0.3 is 14.5 Å². The molecule has 0 radical (unpaired) electrons. The van der Waals surface area contributed by atoms with Crippen LogP contribution in [-0.2, 0) is 4.79 Å². The molecule has 1 aromatic carbocycles. The summed E-state index contributed by atoms with van der Waals surface area (Å²) < 4.78 is 6.00. The lowest BCUT2D eigenvalue weighted by Crippen LogP contribution is -2.41. The van der Waals surface area contributed by atoms with Crippen LogP contribution in [0.3, 0.4) is 0 Å². The van der Waals surface area contributed by atoms with Gasteiger partial charge in [0.15, 0.2) is 0 Å². The highest BCUT2D eigenvalue weighted by molar-refractivity contribution is 5.94. The highest BCUT2D eigenvalue weighted by Crippen LogP contribution is 2.21. The fourth-order valence-corrected chi connectivity index (χ4v) is 4.01. The number of hydrogen-bond donors (Lipinski definition) is 0. The van der Waals surface area contributed by atoms with E-state index in [0.29, 0.717) is 24.5 Å². The van der Waals surface area contributed by atoms with Crippen LogP contribution in [0.15, 0.2) is 24.3 Å². The molecular formula is C22H32N2O3. The van der Waals surface area contributed by atoms with Crippen molar-refractivity contribution in [2.75, 3.05) is 32.8 Å². The van der Waals surface area contributed by atoms with Crippen molar-refractivity contribution in [3.8, 4) is 5.75 Å². The molecular weight excluding hydrogens is 340 g/mol. The molecule has 0 N–H and O–H groups in total. The summed E-state index contributed by atoms with van der Waals surface area (Å²) in [6.45, 7) is 6.00. The molecule has 148 valence electrons. The van der Waals surface area contributed by atoms with E-state index >= 15 is 0 Å². The Bertz CT molecular complexity index is 640. The van der Waals surface area contributed by atoms with Crippen LogP contribution < -0.4 is 4.74 Å². The van der Waals surface area contributed by atoms with Crippen molar-refractivity contribution in [3.05, 3.63) is 29.8 Å². The molecule has 0 aliphatic carbocycles. The molecule has 5 heteroatoms. The lowest BCUT2D eigenvalue weighted by atomic mass is 9.98. The zero-order valence-corrected chi connectivity index (χ0v) is 16.5. The highest BCUT2D eigenvalue weighted by Gasteiger charge is 2.24. The molecule has 2 fully saturated rings. The third kappa shape index (κ3) is 5.47. The van der Waals surface area contributed by atoms with Crippen molar-refractivity contribution in [1.29, 1.82) is 0 Å². The Kier molecular flexibility index (Phi) is 7.13. The summed E-state index contributed by atoms with van der Waals surface area (Å²) in [5, 5.41) is 0. The molecule has 2 saturated heterocycles. The molecule has 2 amide bonds. The van der Waals surface area contributed by atoms with Gasteiger partial charge in [-0.15, -0.1) is 0 Å². The standard InChI is InChI=1S/C22H32N2O3/c1-2-8-21(25)24-14-7-9-18(16-24)17-27-20-11-6-10-19(15-20)22(26)23-12-4-3-5-13-23/h6,10-11,15,18H,2-5,7-9,12-14,16-17H2,1H3. The summed E-state index contributed by atoms with van der Waals surface area (Å²) in [7, 11) is 0. The van der Waals surface area contributed by atoms with Crippen LogP contribution in [0, 0.1) is 5.92 Å². The van der Waals surface area contributed by atoms with Gasteiger partial charge >= 0.3 is 0 Å². The zero-order chi connectivity index (χ0) is 19.1. The number of benzene rings is 1. The molecule has 5 nitrogen and oxygen atoms in total. The van der Waals surface area contributed by atoms with E-state index < -0.39 is 0 Å². The Balaban J connectivity index is 1.53. The fourth-order valence-electron chi connectivity index (χ4n) is 4.01. The van der Waals surface area contributed by atoms with Gasteiger partial charge in [-0.05, 0) is 56.7 Å². The van der Waals surface area contributed by atoms with Gasteiger partial charge in [0.1, 0.15) is 5.75 Å². The molecule has 2 heterocycles. The summed E-state index contributed by atoms with van der Waals surface area (Å²) in [6, 6.07) is 7.54. The smallest absolute Gasteiger partial charge is 0.253 e. The van der Waals surface area contributed by atoms with Crippen molar-refractivity contribution in [2.45, 2.75) is 51.9 Å². The fraction of sp³-hybridized carbons (Fsp3) is 0.636. The molecule has 3 rings (SSSR count). The lowest BCUT2D eigenvalue weighted by Gasteiger charge is -2.32. The average Bonchev–Trinajstić information content (AvgIpc) is 2.73. The number of amides is 2. The summed E-state index contributed by atoms with van der Waals surface area (Å²) in [5.74, 6) is 1.47. The first-order valence-corrected chi connectivity index (χ1v) is 10.5. The van der Waals surface area contributed by atoms with E-state index in [4.69, 9.17) is 4.74 Å². The first kappa shape index (κ1) is 19.7. The number of nitrogens with zero attached hydrogens (tertiary/aromatic N) is 2. The molecule has 1 aromatic rings.